The smallest absolute Gasteiger partial charge is 0.131 e. The predicted octanol–water partition coefficient (Wildman–Crippen LogP) is 3.58. The minimum atomic E-state index is -0.476. The first kappa shape index (κ1) is 15.9. The lowest BCUT2D eigenvalue weighted by atomic mass is 10.1. The van der Waals surface area contributed by atoms with Crippen LogP contribution in [0.1, 0.15) is 42.5 Å². The zero-order chi connectivity index (χ0) is 15.6. The van der Waals surface area contributed by atoms with E-state index in [2.05, 4.69) is 5.10 Å². The molecule has 1 aromatic heterocycles. The van der Waals surface area contributed by atoms with E-state index < -0.39 is 6.10 Å². The minimum Gasteiger partial charge on any atom is -0.487 e. The SMILES string of the molecule is CCc1nn(C)c(COc2ccc([C@H](C)O)cc2C)c1Cl. The van der Waals surface area contributed by atoms with Gasteiger partial charge in [-0.3, -0.25) is 4.68 Å². The van der Waals surface area contributed by atoms with Crippen LogP contribution < -0.4 is 4.74 Å². The van der Waals surface area contributed by atoms with Crippen molar-refractivity contribution in [2.75, 3.05) is 0 Å². The van der Waals surface area contributed by atoms with E-state index in [1.54, 1.807) is 11.6 Å². The Morgan fingerprint density at radius 1 is 1.43 bits per heavy atom. The molecule has 4 nitrogen and oxygen atoms in total. The first-order valence-electron chi connectivity index (χ1n) is 7.05. The van der Waals surface area contributed by atoms with E-state index in [1.807, 2.05) is 39.1 Å². The molecule has 0 saturated carbocycles. The molecule has 0 radical (unpaired) electrons. The summed E-state index contributed by atoms with van der Waals surface area (Å²) >= 11 is 6.31. The van der Waals surface area contributed by atoms with Gasteiger partial charge in [0.2, 0.25) is 0 Å². The summed E-state index contributed by atoms with van der Waals surface area (Å²) in [5, 5.41) is 14.6. The normalized spacial score (nSPS) is 12.5. The molecule has 5 heteroatoms. The highest BCUT2D eigenvalue weighted by Crippen LogP contribution is 2.26. The molecule has 0 bridgehead atoms. The monoisotopic (exact) mass is 308 g/mol. The van der Waals surface area contributed by atoms with E-state index in [0.29, 0.717) is 11.6 Å². The molecule has 0 saturated heterocycles. The van der Waals surface area contributed by atoms with Gasteiger partial charge in [0.25, 0.3) is 0 Å². The van der Waals surface area contributed by atoms with Crippen LogP contribution in [-0.4, -0.2) is 14.9 Å². The molecule has 0 unspecified atom stereocenters. The Morgan fingerprint density at radius 3 is 2.67 bits per heavy atom. The van der Waals surface area contributed by atoms with E-state index in [1.165, 1.54) is 0 Å². The zero-order valence-corrected chi connectivity index (χ0v) is 13.6. The molecule has 1 N–H and O–H groups in total. The van der Waals surface area contributed by atoms with Crippen molar-refractivity contribution in [1.82, 2.24) is 9.78 Å². The summed E-state index contributed by atoms with van der Waals surface area (Å²) in [6, 6.07) is 5.68. The van der Waals surface area contributed by atoms with Gasteiger partial charge in [0.05, 0.1) is 22.5 Å². The van der Waals surface area contributed by atoms with Crippen LogP contribution in [0.25, 0.3) is 0 Å². The Hall–Kier alpha value is -1.52. The first-order valence-corrected chi connectivity index (χ1v) is 7.43. The van der Waals surface area contributed by atoms with E-state index in [9.17, 15) is 5.11 Å². The number of ether oxygens (including phenoxy) is 1. The van der Waals surface area contributed by atoms with Crippen LogP contribution in [0.5, 0.6) is 5.75 Å². The summed E-state index contributed by atoms with van der Waals surface area (Å²) in [7, 11) is 1.87. The minimum absolute atomic E-state index is 0.372. The van der Waals surface area contributed by atoms with Gasteiger partial charge in [-0.25, -0.2) is 0 Å². The van der Waals surface area contributed by atoms with Crippen molar-refractivity contribution in [3.05, 3.63) is 45.7 Å². The van der Waals surface area contributed by atoms with E-state index in [-0.39, 0.29) is 0 Å². The van der Waals surface area contributed by atoms with Crippen LogP contribution in [0.15, 0.2) is 18.2 Å². The molecular weight excluding hydrogens is 288 g/mol. The van der Waals surface area contributed by atoms with Crippen molar-refractivity contribution < 1.29 is 9.84 Å². The molecule has 21 heavy (non-hydrogen) atoms. The number of aliphatic hydroxyl groups is 1. The van der Waals surface area contributed by atoms with Gasteiger partial charge in [-0.15, -0.1) is 0 Å². The first-order chi connectivity index (χ1) is 9.93. The van der Waals surface area contributed by atoms with Gasteiger partial charge in [0.1, 0.15) is 12.4 Å². The van der Waals surface area contributed by atoms with Gasteiger partial charge < -0.3 is 9.84 Å². The number of aryl methyl sites for hydroxylation is 3. The third-order valence-electron chi connectivity index (χ3n) is 3.55. The Labute approximate surface area is 130 Å². The maximum atomic E-state index is 9.58. The van der Waals surface area contributed by atoms with E-state index in [0.717, 1.165) is 34.7 Å². The van der Waals surface area contributed by atoms with Crippen LogP contribution in [0, 0.1) is 6.92 Å². The van der Waals surface area contributed by atoms with Crippen LogP contribution in [0.3, 0.4) is 0 Å². The standard InChI is InChI=1S/C16H21ClN2O2/c1-5-13-16(17)14(19(4)18-13)9-21-15-7-6-12(11(3)20)8-10(15)2/h6-8,11,20H,5,9H2,1-4H3/t11-/m0/s1. The molecule has 0 fully saturated rings. The maximum Gasteiger partial charge on any atom is 0.131 e. The third kappa shape index (κ3) is 3.39. The highest BCUT2D eigenvalue weighted by Gasteiger charge is 2.14. The predicted molar refractivity (Wildman–Crippen MR) is 83.7 cm³/mol. The molecule has 0 aliphatic heterocycles. The number of aliphatic hydroxyl groups excluding tert-OH is 1. The lowest BCUT2D eigenvalue weighted by Crippen LogP contribution is -2.04. The highest BCUT2D eigenvalue weighted by molar-refractivity contribution is 6.31. The quantitative estimate of drug-likeness (QED) is 0.918. The highest BCUT2D eigenvalue weighted by atomic mass is 35.5. The molecule has 0 aliphatic carbocycles. The van der Waals surface area contributed by atoms with Crippen molar-refractivity contribution in [3.8, 4) is 5.75 Å². The number of aromatic nitrogens is 2. The number of nitrogens with zero attached hydrogens (tertiary/aromatic N) is 2. The average Bonchev–Trinajstić information content (AvgIpc) is 2.72. The summed E-state index contributed by atoms with van der Waals surface area (Å²) < 4.78 is 7.61. The van der Waals surface area contributed by atoms with Crippen LogP contribution in [0.4, 0.5) is 0 Å². The van der Waals surface area contributed by atoms with Gasteiger partial charge in [0.15, 0.2) is 0 Å². The second-order valence-electron chi connectivity index (χ2n) is 5.17. The van der Waals surface area contributed by atoms with Gasteiger partial charge in [0, 0.05) is 7.05 Å². The van der Waals surface area contributed by atoms with Crippen LogP contribution in [0.2, 0.25) is 5.02 Å². The van der Waals surface area contributed by atoms with Crippen molar-refractivity contribution >= 4 is 11.6 Å². The molecule has 1 heterocycles. The largest absolute Gasteiger partial charge is 0.487 e. The molecule has 1 atom stereocenters. The molecule has 1 aromatic carbocycles. The summed E-state index contributed by atoms with van der Waals surface area (Å²) in [5.41, 5.74) is 3.63. The molecular formula is C16H21ClN2O2. The van der Waals surface area contributed by atoms with Gasteiger partial charge in [-0.2, -0.15) is 5.10 Å². The summed E-state index contributed by atoms with van der Waals surface area (Å²) in [4.78, 5) is 0. The summed E-state index contributed by atoms with van der Waals surface area (Å²) in [6.45, 7) is 6.11. The number of halogens is 1. The van der Waals surface area contributed by atoms with Crippen molar-refractivity contribution in [1.29, 1.82) is 0 Å². The van der Waals surface area contributed by atoms with Crippen LogP contribution >= 0.6 is 11.6 Å². The molecule has 0 amide bonds. The number of hydrogen-bond acceptors (Lipinski definition) is 3. The van der Waals surface area contributed by atoms with Gasteiger partial charge in [-0.1, -0.05) is 24.6 Å². The lowest BCUT2D eigenvalue weighted by molar-refractivity contribution is 0.199. The molecule has 2 rings (SSSR count). The summed E-state index contributed by atoms with van der Waals surface area (Å²) in [5.74, 6) is 0.787. The van der Waals surface area contributed by atoms with Crippen molar-refractivity contribution in [2.45, 2.75) is 39.9 Å². The van der Waals surface area contributed by atoms with Crippen LogP contribution in [-0.2, 0) is 20.1 Å². The Bertz CT molecular complexity index is 635. The van der Waals surface area contributed by atoms with Crippen molar-refractivity contribution in [2.24, 2.45) is 7.05 Å². The molecule has 2 aromatic rings. The fourth-order valence-electron chi connectivity index (χ4n) is 2.22. The second-order valence-corrected chi connectivity index (χ2v) is 5.55. The third-order valence-corrected chi connectivity index (χ3v) is 3.99. The molecule has 0 aliphatic rings. The van der Waals surface area contributed by atoms with Gasteiger partial charge >= 0.3 is 0 Å². The number of hydrogen-bond donors (Lipinski definition) is 1. The van der Waals surface area contributed by atoms with Crippen molar-refractivity contribution in [3.63, 3.8) is 0 Å². The maximum absolute atomic E-state index is 9.58. The average molecular weight is 309 g/mol. The Balaban J connectivity index is 2.15. The fraction of sp³-hybridized carbons (Fsp3) is 0.438. The second kappa shape index (κ2) is 6.50. The summed E-state index contributed by atoms with van der Waals surface area (Å²) in [6.07, 6.45) is 0.325. The fourth-order valence-corrected chi connectivity index (χ4v) is 2.57. The topological polar surface area (TPSA) is 47.3 Å². The number of rotatable bonds is 5. The lowest BCUT2D eigenvalue weighted by Gasteiger charge is -2.12. The van der Waals surface area contributed by atoms with E-state index >= 15 is 0 Å². The van der Waals surface area contributed by atoms with Gasteiger partial charge in [-0.05, 0) is 43.5 Å². The molecule has 0 spiro atoms. The Kier molecular flexibility index (Phi) is 4.91. The number of benzene rings is 1. The Morgan fingerprint density at radius 2 is 2.14 bits per heavy atom. The molecule has 114 valence electrons. The van der Waals surface area contributed by atoms with E-state index in [4.69, 9.17) is 16.3 Å². The zero-order valence-electron chi connectivity index (χ0n) is 12.9.